The van der Waals surface area contributed by atoms with Crippen LogP contribution in [-0.4, -0.2) is 40.7 Å². The number of unbranched alkanes of at least 4 members (excludes halogenated alkanes) is 1. The average molecular weight is 568 g/mol. The number of carbonyl (C=O) groups is 2. The molecule has 5 aromatic rings. The number of ketones is 1. The van der Waals surface area contributed by atoms with Crippen LogP contribution in [0.2, 0.25) is 0 Å². The molecule has 0 saturated carbocycles. The molecule has 41 heavy (non-hydrogen) atoms. The van der Waals surface area contributed by atoms with Crippen molar-refractivity contribution in [2.45, 2.75) is 31.6 Å². The van der Waals surface area contributed by atoms with Crippen molar-refractivity contribution in [3.8, 4) is 11.1 Å². The van der Waals surface area contributed by atoms with Gasteiger partial charge in [0.25, 0.3) is 10.0 Å². The largest absolute Gasteiger partial charge is 0.338 e. The number of carbonyl (C=O) groups excluding carboxylic acids is 2. The first-order chi connectivity index (χ1) is 19.8. The number of fused-ring (bicyclic) bond motifs is 1. The molecule has 3 heterocycles. The number of nitrogens with one attached hydrogen (secondary N) is 2. The first-order valence-corrected chi connectivity index (χ1v) is 14.7. The molecule has 0 aliphatic rings. The molecule has 9 nitrogen and oxygen atoms in total. The van der Waals surface area contributed by atoms with Crippen LogP contribution in [-0.2, 0) is 10.0 Å². The third-order valence-electron chi connectivity index (χ3n) is 6.63. The Morgan fingerprint density at radius 2 is 1.76 bits per heavy atom. The van der Waals surface area contributed by atoms with Crippen LogP contribution in [0.1, 0.15) is 41.3 Å². The van der Waals surface area contributed by atoms with E-state index in [9.17, 15) is 18.0 Å². The molecule has 0 aliphatic heterocycles. The predicted molar refractivity (Wildman–Crippen MR) is 159 cm³/mol. The number of rotatable bonds is 9. The number of urea groups is 1. The quantitative estimate of drug-likeness (QED) is 0.172. The van der Waals surface area contributed by atoms with Gasteiger partial charge in [0.2, 0.25) is 0 Å². The first kappa shape index (κ1) is 27.7. The van der Waals surface area contributed by atoms with E-state index in [-0.39, 0.29) is 27.7 Å². The Hall–Kier alpha value is -4.83. The SMILES string of the molecule is CCCCNC(=O)Nc1cccc(C(=O)c2cn(S(=O)(=O)c3ccc(C)cc3)c3ncc(-c4cccnc4)cc23)c1. The van der Waals surface area contributed by atoms with Gasteiger partial charge in [-0.1, -0.05) is 49.2 Å². The van der Waals surface area contributed by atoms with Crippen molar-refractivity contribution >= 4 is 38.6 Å². The van der Waals surface area contributed by atoms with E-state index in [4.69, 9.17) is 0 Å². The fourth-order valence-electron chi connectivity index (χ4n) is 4.41. The summed E-state index contributed by atoms with van der Waals surface area (Å²) < 4.78 is 28.5. The van der Waals surface area contributed by atoms with Crippen molar-refractivity contribution in [3.63, 3.8) is 0 Å². The van der Waals surface area contributed by atoms with Crippen LogP contribution < -0.4 is 10.6 Å². The summed E-state index contributed by atoms with van der Waals surface area (Å²) in [5.74, 6) is -0.409. The molecule has 0 bridgehead atoms. The molecule has 0 fully saturated rings. The third kappa shape index (κ3) is 5.87. The molecule has 0 unspecified atom stereocenters. The summed E-state index contributed by atoms with van der Waals surface area (Å²) in [6.07, 6.45) is 8.02. The minimum atomic E-state index is -4.07. The lowest BCUT2D eigenvalue weighted by Gasteiger charge is -2.08. The monoisotopic (exact) mass is 567 g/mol. The van der Waals surface area contributed by atoms with Crippen LogP contribution in [0.4, 0.5) is 10.5 Å². The van der Waals surface area contributed by atoms with E-state index >= 15 is 0 Å². The van der Waals surface area contributed by atoms with Gasteiger partial charge >= 0.3 is 6.03 Å². The van der Waals surface area contributed by atoms with Gasteiger partial charge in [-0.05, 0) is 49.7 Å². The number of aromatic nitrogens is 3. The van der Waals surface area contributed by atoms with E-state index in [1.807, 2.05) is 19.9 Å². The summed E-state index contributed by atoms with van der Waals surface area (Å²) in [5.41, 5.74) is 3.40. The van der Waals surface area contributed by atoms with Crippen molar-refractivity contribution in [2.75, 3.05) is 11.9 Å². The molecule has 5 rings (SSSR count). The minimum absolute atomic E-state index is 0.0809. The van der Waals surface area contributed by atoms with E-state index in [2.05, 4.69) is 20.6 Å². The molecule has 0 atom stereocenters. The molecule has 2 amide bonds. The number of amides is 2. The number of hydrogen-bond acceptors (Lipinski definition) is 6. The van der Waals surface area contributed by atoms with Gasteiger partial charge in [-0.2, -0.15) is 0 Å². The van der Waals surface area contributed by atoms with Crippen LogP contribution in [0.15, 0.2) is 96.4 Å². The zero-order valence-electron chi connectivity index (χ0n) is 22.7. The molecule has 0 spiro atoms. The Morgan fingerprint density at radius 1 is 0.951 bits per heavy atom. The van der Waals surface area contributed by atoms with Gasteiger partial charge in [-0.25, -0.2) is 22.2 Å². The number of anilines is 1. The van der Waals surface area contributed by atoms with Gasteiger partial charge in [-0.3, -0.25) is 9.78 Å². The Labute approximate surface area is 238 Å². The summed E-state index contributed by atoms with van der Waals surface area (Å²) in [4.78, 5) is 34.9. The number of pyridine rings is 2. The molecule has 0 radical (unpaired) electrons. The maximum atomic E-state index is 13.9. The number of hydrogen-bond donors (Lipinski definition) is 2. The second kappa shape index (κ2) is 11.7. The highest BCUT2D eigenvalue weighted by Gasteiger charge is 2.26. The molecule has 2 N–H and O–H groups in total. The smallest absolute Gasteiger partial charge is 0.319 e. The lowest BCUT2D eigenvalue weighted by Crippen LogP contribution is -2.29. The second-order valence-electron chi connectivity index (χ2n) is 9.64. The Bertz CT molecular complexity index is 1830. The van der Waals surface area contributed by atoms with Gasteiger partial charge in [0, 0.05) is 59.1 Å². The van der Waals surface area contributed by atoms with Crippen LogP contribution in [0.25, 0.3) is 22.2 Å². The lowest BCUT2D eigenvalue weighted by atomic mass is 10.0. The zero-order valence-corrected chi connectivity index (χ0v) is 23.5. The summed E-state index contributed by atoms with van der Waals surface area (Å²) in [6, 6.07) is 18.1. The molecular weight excluding hydrogens is 538 g/mol. The normalized spacial score (nSPS) is 11.4. The maximum absolute atomic E-state index is 13.9. The average Bonchev–Trinajstić information content (AvgIpc) is 3.37. The summed E-state index contributed by atoms with van der Waals surface area (Å²) >= 11 is 0. The van der Waals surface area contributed by atoms with Crippen molar-refractivity contribution < 1.29 is 18.0 Å². The summed E-state index contributed by atoms with van der Waals surface area (Å²) in [6.45, 7) is 4.45. The lowest BCUT2D eigenvalue weighted by molar-refractivity contribution is 0.104. The first-order valence-electron chi connectivity index (χ1n) is 13.2. The number of aryl methyl sites for hydroxylation is 1. The van der Waals surface area contributed by atoms with Crippen molar-refractivity contribution in [1.82, 2.24) is 19.3 Å². The van der Waals surface area contributed by atoms with Crippen LogP contribution >= 0.6 is 0 Å². The van der Waals surface area contributed by atoms with Gasteiger partial charge in [0.05, 0.1) is 10.5 Å². The van der Waals surface area contributed by atoms with Crippen molar-refractivity contribution in [1.29, 1.82) is 0 Å². The second-order valence-corrected chi connectivity index (χ2v) is 11.5. The number of nitrogens with zero attached hydrogens (tertiary/aromatic N) is 3. The summed E-state index contributed by atoms with van der Waals surface area (Å²) in [7, 11) is -4.07. The Balaban J connectivity index is 1.59. The Kier molecular flexibility index (Phi) is 7.93. The van der Waals surface area contributed by atoms with Crippen LogP contribution in [0.3, 0.4) is 0 Å². The van der Waals surface area contributed by atoms with E-state index in [1.54, 1.807) is 67.1 Å². The van der Waals surface area contributed by atoms with E-state index in [0.717, 1.165) is 27.9 Å². The van der Waals surface area contributed by atoms with Gasteiger partial charge < -0.3 is 10.6 Å². The zero-order chi connectivity index (χ0) is 29.0. The molecule has 208 valence electrons. The fraction of sp³-hybridized carbons (Fsp3) is 0.161. The van der Waals surface area contributed by atoms with Crippen molar-refractivity contribution in [3.05, 3.63) is 108 Å². The standard InChI is InChI=1S/C31H29N5O4S/c1-3-4-15-33-31(38)35-25-9-5-7-22(16-25)29(37)28-20-36(41(39,40)26-12-10-21(2)11-13-26)30-27(28)17-24(19-34-30)23-8-6-14-32-18-23/h5-14,16-20H,3-4,15H2,1-2H3,(H2,33,35,38). The third-order valence-corrected chi connectivity index (χ3v) is 8.29. The highest BCUT2D eigenvalue weighted by Crippen LogP contribution is 2.30. The van der Waals surface area contributed by atoms with Crippen LogP contribution in [0, 0.1) is 6.92 Å². The van der Waals surface area contributed by atoms with E-state index < -0.39 is 15.8 Å². The summed E-state index contributed by atoms with van der Waals surface area (Å²) in [5, 5.41) is 5.90. The fourth-order valence-corrected chi connectivity index (χ4v) is 5.73. The topological polar surface area (TPSA) is 123 Å². The number of benzene rings is 2. The predicted octanol–water partition coefficient (Wildman–Crippen LogP) is 5.80. The molecule has 3 aromatic heterocycles. The molecule has 0 saturated heterocycles. The van der Waals surface area contributed by atoms with Crippen molar-refractivity contribution in [2.24, 2.45) is 0 Å². The van der Waals surface area contributed by atoms with Gasteiger partial charge in [0.1, 0.15) is 0 Å². The Morgan fingerprint density at radius 3 is 2.49 bits per heavy atom. The molecule has 10 heteroatoms. The highest BCUT2D eigenvalue weighted by molar-refractivity contribution is 7.90. The van der Waals surface area contributed by atoms with Gasteiger partial charge in [0.15, 0.2) is 11.4 Å². The van der Waals surface area contributed by atoms with Crippen LogP contribution in [0.5, 0.6) is 0 Å². The minimum Gasteiger partial charge on any atom is -0.338 e. The highest BCUT2D eigenvalue weighted by atomic mass is 32.2. The van der Waals surface area contributed by atoms with E-state index in [1.165, 1.54) is 18.3 Å². The molecule has 0 aliphatic carbocycles. The molecular formula is C31H29N5O4S. The van der Waals surface area contributed by atoms with E-state index in [0.29, 0.717) is 23.2 Å². The molecule has 2 aromatic carbocycles. The maximum Gasteiger partial charge on any atom is 0.319 e. The van der Waals surface area contributed by atoms with Gasteiger partial charge in [-0.15, -0.1) is 0 Å².